The fourth-order valence-corrected chi connectivity index (χ4v) is 1.39. The minimum absolute atomic E-state index is 0.0561. The SMILES string of the molecule is Cc1ncc(-c2cccc(CO)c2)cn1. The Morgan fingerprint density at radius 3 is 2.53 bits per heavy atom. The molecule has 3 heteroatoms. The largest absolute Gasteiger partial charge is 0.392 e. The summed E-state index contributed by atoms with van der Waals surface area (Å²) in [4.78, 5) is 8.27. The second kappa shape index (κ2) is 4.19. The maximum atomic E-state index is 9.02. The van der Waals surface area contributed by atoms with Crippen LogP contribution in [-0.4, -0.2) is 15.1 Å². The van der Waals surface area contributed by atoms with Gasteiger partial charge in [-0.15, -0.1) is 0 Å². The summed E-state index contributed by atoms with van der Waals surface area (Å²) in [6.45, 7) is 1.91. The highest BCUT2D eigenvalue weighted by Crippen LogP contribution is 2.18. The highest BCUT2D eigenvalue weighted by Gasteiger charge is 1.99. The van der Waals surface area contributed by atoms with Crippen LogP contribution in [0.4, 0.5) is 0 Å². The lowest BCUT2D eigenvalue weighted by molar-refractivity contribution is 0.282. The van der Waals surface area contributed by atoms with Gasteiger partial charge in [-0.25, -0.2) is 9.97 Å². The molecule has 2 aromatic rings. The highest BCUT2D eigenvalue weighted by atomic mass is 16.3. The lowest BCUT2D eigenvalue weighted by Gasteiger charge is -2.02. The van der Waals surface area contributed by atoms with Crippen LogP contribution < -0.4 is 0 Å². The summed E-state index contributed by atoms with van der Waals surface area (Å²) in [6.07, 6.45) is 3.58. The number of benzene rings is 1. The first-order valence-electron chi connectivity index (χ1n) is 4.78. The zero-order chi connectivity index (χ0) is 10.7. The number of aliphatic hydroxyl groups is 1. The normalized spacial score (nSPS) is 10.3. The van der Waals surface area contributed by atoms with E-state index in [1.165, 1.54) is 0 Å². The molecule has 0 unspecified atom stereocenters. The van der Waals surface area contributed by atoms with Crippen LogP contribution in [0, 0.1) is 6.92 Å². The average molecular weight is 200 g/mol. The molecule has 0 fully saturated rings. The van der Waals surface area contributed by atoms with Gasteiger partial charge in [0.15, 0.2) is 0 Å². The van der Waals surface area contributed by atoms with Crippen LogP contribution in [0.3, 0.4) is 0 Å². The fraction of sp³-hybridized carbons (Fsp3) is 0.167. The Bertz CT molecular complexity index is 451. The third kappa shape index (κ3) is 2.19. The summed E-state index contributed by atoms with van der Waals surface area (Å²) in [7, 11) is 0. The van der Waals surface area contributed by atoms with Crippen LogP contribution in [0.15, 0.2) is 36.7 Å². The molecule has 2 rings (SSSR count). The topological polar surface area (TPSA) is 46.0 Å². The summed E-state index contributed by atoms with van der Waals surface area (Å²) in [5, 5.41) is 9.02. The van der Waals surface area contributed by atoms with Crippen molar-refractivity contribution < 1.29 is 5.11 Å². The number of aliphatic hydroxyl groups excluding tert-OH is 1. The molecule has 0 aliphatic carbocycles. The smallest absolute Gasteiger partial charge is 0.125 e. The molecule has 0 aliphatic rings. The first-order valence-corrected chi connectivity index (χ1v) is 4.78. The number of rotatable bonds is 2. The van der Waals surface area contributed by atoms with E-state index in [1.807, 2.05) is 31.2 Å². The van der Waals surface area contributed by atoms with E-state index in [1.54, 1.807) is 12.4 Å². The Balaban J connectivity index is 2.40. The molecule has 0 atom stereocenters. The molecule has 76 valence electrons. The minimum Gasteiger partial charge on any atom is -0.392 e. The molecule has 1 aromatic carbocycles. The lowest BCUT2D eigenvalue weighted by Crippen LogP contribution is -1.89. The molecular formula is C12H12N2O. The van der Waals surface area contributed by atoms with Gasteiger partial charge < -0.3 is 5.11 Å². The maximum absolute atomic E-state index is 9.02. The van der Waals surface area contributed by atoms with Crippen molar-refractivity contribution in [2.45, 2.75) is 13.5 Å². The number of aromatic nitrogens is 2. The summed E-state index contributed by atoms with van der Waals surface area (Å²) in [5.41, 5.74) is 2.89. The van der Waals surface area contributed by atoms with Crippen molar-refractivity contribution in [3.63, 3.8) is 0 Å². The summed E-state index contributed by atoms with van der Waals surface area (Å²) >= 11 is 0. The molecule has 0 aliphatic heterocycles. The van der Waals surface area contributed by atoms with Crippen LogP contribution in [0.5, 0.6) is 0 Å². The Morgan fingerprint density at radius 1 is 1.13 bits per heavy atom. The zero-order valence-corrected chi connectivity index (χ0v) is 8.51. The van der Waals surface area contributed by atoms with E-state index in [9.17, 15) is 0 Å². The monoisotopic (exact) mass is 200 g/mol. The molecule has 0 saturated carbocycles. The summed E-state index contributed by atoms with van der Waals surface area (Å²) in [6, 6.07) is 7.72. The number of hydrogen-bond donors (Lipinski definition) is 1. The van der Waals surface area contributed by atoms with E-state index in [2.05, 4.69) is 9.97 Å². The van der Waals surface area contributed by atoms with E-state index in [0.717, 1.165) is 22.5 Å². The predicted molar refractivity (Wildman–Crippen MR) is 58.1 cm³/mol. The van der Waals surface area contributed by atoms with E-state index in [0.29, 0.717) is 0 Å². The van der Waals surface area contributed by atoms with Gasteiger partial charge in [-0.3, -0.25) is 0 Å². The molecule has 0 radical (unpaired) electrons. The van der Waals surface area contributed by atoms with E-state index >= 15 is 0 Å². The number of hydrogen-bond acceptors (Lipinski definition) is 3. The zero-order valence-electron chi connectivity index (χ0n) is 8.51. The lowest BCUT2D eigenvalue weighted by atomic mass is 10.1. The fourth-order valence-electron chi connectivity index (χ4n) is 1.39. The third-order valence-corrected chi connectivity index (χ3v) is 2.22. The van der Waals surface area contributed by atoms with Crippen LogP contribution in [0.2, 0.25) is 0 Å². The van der Waals surface area contributed by atoms with Crippen molar-refractivity contribution in [2.24, 2.45) is 0 Å². The van der Waals surface area contributed by atoms with Crippen molar-refractivity contribution in [1.82, 2.24) is 9.97 Å². The van der Waals surface area contributed by atoms with Crippen molar-refractivity contribution in [1.29, 1.82) is 0 Å². The van der Waals surface area contributed by atoms with Crippen LogP contribution in [0.1, 0.15) is 11.4 Å². The summed E-state index contributed by atoms with van der Waals surface area (Å²) < 4.78 is 0. The molecule has 1 aromatic heterocycles. The number of aryl methyl sites for hydroxylation is 1. The maximum Gasteiger partial charge on any atom is 0.125 e. The first-order chi connectivity index (χ1) is 7.29. The molecule has 1 N–H and O–H groups in total. The van der Waals surface area contributed by atoms with Crippen LogP contribution >= 0.6 is 0 Å². The summed E-state index contributed by atoms with van der Waals surface area (Å²) in [5.74, 6) is 0.761. The minimum atomic E-state index is 0.0561. The average Bonchev–Trinajstić information content (AvgIpc) is 2.30. The molecule has 1 heterocycles. The first kappa shape index (κ1) is 9.80. The second-order valence-electron chi connectivity index (χ2n) is 3.38. The van der Waals surface area contributed by atoms with Gasteiger partial charge in [-0.1, -0.05) is 18.2 Å². The van der Waals surface area contributed by atoms with Gasteiger partial charge in [0, 0.05) is 18.0 Å². The van der Waals surface area contributed by atoms with Gasteiger partial charge in [0.25, 0.3) is 0 Å². The molecule has 3 nitrogen and oxygen atoms in total. The van der Waals surface area contributed by atoms with Crippen LogP contribution in [-0.2, 0) is 6.61 Å². The molecule has 0 amide bonds. The Morgan fingerprint density at radius 2 is 1.87 bits per heavy atom. The van der Waals surface area contributed by atoms with E-state index in [4.69, 9.17) is 5.11 Å². The van der Waals surface area contributed by atoms with Gasteiger partial charge in [-0.05, 0) is 24.1 Å². The van der Waals surface area contributed by atoms with E-state index in [-0.39, 0.29) is 6.61 Å². The molecule has 15 heavy (non-hydrogen) atoms. The quantitative estimate of drug-likeness (QED) is 0.805. The second-order valence-corrected chi connectivity index (χ2v) is 3.38. The Hall–Kier alpha value is -1.74. The predicted octanol–water partition coefficient (Wildman–Crippen LogP) is 1.94. The Labute approximate surface area is 88.5 Å². The Kier molecular flexibility index (Phi) is 2.74. The van der Waals surface area contributed by atoms with Crippen molar-refractivity contribution in [2.75, 3.05) is 0 Å². The van der Waals surface area contributed by atoms with Crippen molar-refractivity contribution in [3.05, 3.63) is 48.0 Å². The van der Waals surface area contributed by atoms with Crippen molar-refractivity contribution >= 4 is 0 Å². The third-order valence-electron chi connectivity index (χ3n) is 2.22. The van der Waals surface area contributed by atoms with Crippen LogP contribution in [0.25, 0.3) is 11.1 Å². The highest BCUT2D eigenvalue weighted by molar-refractivity contribution is 5.62. The van der Waals surface area contributed by atoms with Gasteiger partial charge >= 0.3 is 0 Å². The molecular weight excluding hydrogens is 188 g/mol. The van der Waals surface area contributed by atoms with Gasteiger partial charge in [0.05, 0.1) is 6.61 Å². The van der Waals surface area contributed by atoms with Gasteiger partial charge in [0.2, 0.25) is 0 Å². The molecule has 0 saturated heterocycles. The number of nitrogens with zero attached hydrogens (tertiary/aromatic N) is 2. The van der Waals surface area contributed by atoms with Crippen molar-refractivity contribution in [3.8, 4) is 11.1 Å². The van der Waals surface area contributed by atoms with E-state index < -0.39 is 0 Å². The molecule has 0 spiro atoms. The van der Waals surface area contributed by atoms with Gasteiger partial charge in [0.1, 0.15) is 5.82 Å². The molecule has 0 bridgehead atoms. The van der Waals surface area contributed by atoms with Gasteiger partial charge in [-0.2, -0.15) is 0 Å². The standard InChI is InChI=1S/C12H12N2O/c1-9-13-6-12(7-14-9)11-4-2-3-10(5-11)8-15/h2-7,15H,8H2,1H3.